The molecule has 0 bridgehead atoms. The van der Waals surface area contributed by atoms with Gasteiger partial charge in [-0.3, -0.25) is 0 Å². The molecular formula is C18H27N. The first-order chi connectivity index (χ1) is 9.33. The number of nitrogens with two attached hydrogens (primary N) is 1. The molecule has 2 saturated carbocycles. The summed E-state index contributed by atoms with van der Waals surface area (Å²) in [5.41, 5.74) is 8.61. The van der Waals surface area contributed by atoms with Crippen molar-refractivity contribution in [3.05, 3.63) is 35.9 Å². The van der Waals surface area contributed by atoms with Crippen LogP contribution in [0.5, 0.6) is 0 Å². The Morgan fingerprint density at radius 2 is 1.53 bits per heavy atom. The molecule has 0 radical (unpaired) electrons. The molecule has 2 N–H and O–H groups in total. The average molecular weight is 257 g/mol. The van der Waals surface area contributed by atoms with E-state index in [0.717, 1.165) is 5.92 Å². The van der Waals surface area contributed by atoms with E-state index in [-0.39, 0.29) is 5.41 Å². The second-order valence-corrected chi connectivity index (χ2v) is 6.65. The van der Waals surface area contributed by atoms with Crippen LogP contribution in [-0.4, -0.2) is 6.04 Å². The minimum atomic E-state index is 0.281. The monoisotopic (exact) mass is 257 g/mol. The van der Waals surface area contributed by atoms with Crippen LogP contribution in [0.1, 0.15) is 63.4 Å². The van der Waals surface area contributed by atoms with Gasteiger partial charge in [-0.2, -0.15) is 0 Å². The van der Waals surface area contributed by atoms with Gasteiger partial charge in [0.05, 0.1) is 0 Å². The molecule has 1 aromatic carbocycles. The molecule has 1 aromatic rings. The Balaban J connectivity index is 1.87. The zero-order valence-corrected chi connectivity index (χ0v) is 12.0. The summed E-state index contributed by atoms with van der Waals surface area (Å²) in [5, 5.41) is 0. The van der Waals surface area contributed by atoms with Crippen molar-refractivity contribution >= 4 is 0 Å². The second kappa shape index (κ2) is 5.66. The van der Waals surface area contributed by atoms with E-state index in [1.54, 1.807) is 0 Å². The van der Waals surface area contributed by atoms with Crippen molar-refractivity contribution < 1.29 is 0 Å². The first-order valence-corrected chi connectivity index (χ1v) is 8.14. The van der Waals surface area contributed by atoms with Crippen LogP contribution in [0, 0.1) is 5.92 Å². The highest BCUT2D eigenvalue weighted by atomic mass is 14.7. The predicted molar refractivity (Wildman–Crippen MR) is 81.1 cm³/mol. The summed E-state index contributed by atoms with van der Waals surface area (Å²) in [7, 11) is 0. The van der Waals surface area contributed by atoms with Gasteiger partial charge in [0.25, 0.3) is 0 Å². The summed E-state index contributed by atoms with van der Waals surface area (Å²) in [5.74, 6) is 0.757. The van der Waals surface area contributed by atoms with Crippen molar-refractivity contribution in [2.45, 2.75) is 69.2 Å². The normalized spacial score (nSPS) is 25.3. The maximum absolute atomic E-state index is 6.82. The van der Waals surface area contributed by atoms with E-state index in [1.165, 1.54) is 63.4 Å². The molecule has 104 valence electrons. The predicted octanol–water partition coefficient (Wildman–Crippen LogP) is 4.41. The van der Waals surface area contributed by atoms with Crippen molar-refractivity contribution in [3.63, 3.8) is 0 Å². The SMILES string of the molecule is NC(C1CCCCC1)C1(c2ccccc2)CCCC1. The van der Waals surface area contributed by atoms with Crippen molar-refractivity contribution in [3.8, 4) is 0 Å². The Kier molecular flexibility index (Phi) is 3.93. The molecule has 1 unspecified atom stereocenters. The second-order valence-electron chi connectivity index (χ2n) is 6.65. The standard InChI is InChI=1S/C18H27N/c19-17(15-9-3-1-4-10-15)18(13-7-8-14-18)16-11-5-2-6-12-16/h2,5-6,11-12,15,17H,1,3-4,7-10,13-14,19H2. The Morgan fingerprint density at radius 1 is 0.895 bits per heavy atom. The zero-order chi connectivity index (χ0) is 13.1. The topological polar surface area (TPSA) is 26.0 Å². The fourth-order valence-corrected chi connectivity index (χ4v) is 4.53. The third-order valence-electron chi connectivity index (χ3n) is 5.64. The van der Waals surface area contributed by atoms with Gasteiger partial charge in [-0.1, -0.05) is 62.4 Å². The molecule has 19 heavy (non-hydrogen) atoms. The van der Waals surface area contributed by atoms with Crippen molar-refractivity contribution in [1.29, 1.82) is 0 Å². The molecule has 0 aliphatic heterocycles. The summed E-state index contributed by atoms with van der Waals surface area (Å²) in [6, 6.07) is 11.5. The van der Waals surface area contributed by atoms with Crippen LogP contribution in [0.3, 0.4) is 0 Å². The fourth-order valence-electron chi connectivity index (χ4n) is 4.53. The summed E-state index contributed by atoms with van der Waals surface area (Å²) < 4.78 is 0. The minimum Gasteiger partial charge on any atom is -0.327 e. The zero-order valence-electron chi connectivity index (χ0n) is 12.0. The van der Waals surface area contributed by atoms with E-state index in [0.29, 0.717) is 6.04 Å². The average Bonchev–Trinajstić information content (AvgIpc) is 2.99. The van der Waals surface area contributed by atoms with Gasteiger partial charge in [-0.25, -0.2) is 0 Å². The van der Waals surface area contributed by atoms with Gasteiger partial charge < -0.3 is 5.73 Å². The molecule has 0 aromatic heterocycles. The van der Waals surface area contributed by atoms with Crippen molar-refractivity contribution in [2.75, 3.05) is 0 Å². The smallest absolute Gasteiger partial charge is 0.0165 e. The van der Waals surface area contributed by atoms with Crippen LogP contribution in [0.25, 0.3) is 0 Å². The van der Waals surface area contributed by atoms with Gasteiger partial charge in [-0.05, 0) is 37.2 Å². The van der Waals surface area contributed by atoms with E-state index in [4.69, 9.17) is 5.73 Å². The lowest BCUT2D eigenvalue weighted by molar-refractivity contribution is 0.212. The molecule has 1 atom stereocenters. The highest BCUT2D eigenvalue weighted by Gasteiger charge is 2.43. The molecule has 0 saturated heterocycles. The molecule has 0 amide bonds. The molecule has 0 heterocycles. The Labute approximate surface area is 117 Å². The van der Waals surface area contributed by atoms with E-state index in [9.17, 15) is 0 Å². The van der Waals surface area contributed by atoms with Gasteiger partial charge >= 0.3 is 0 Å². The Hall–Kier alpha value is -0.820. The summed E-state index contributed by atoms with van der Waals surface area (Å²) in [6.07, 6.45) is 12.2. The van der Waals surface area contributed by atoms with Crippen LogP contribution in [-0.2, 0) is 5.41 Å². The van der Waals surface area contributed by atoms with Crippen LogP contribution in [0.2, 0.25) is 0 Å². The van der Waals surface area contributed by atoms with Gasteiger partial charge in [0.2, 0.25) is 0 Å². The molecule has 1 nitrogen and oxygen atoms in total. The molecule has 2 fully saturated rings. The van der Waals surface area contributed by atoms with Crippen LogP contribution < -0.4 is 5.73 Å². The lowest BCUT2D eigenvalue weighted by Crippen LogP contribution is -2.49. The van der Waals surface area contributed by atoms with Gasteiger partial charge in [0, 0.05) is 11.5 Å². The molecule has 1 heteroatoms. The van der Waals surface area contributed by atoms with Crippen molar-refractivity contribution in [1.82, 2.24) is 0 Å². The van der Waals surface area contributed by atoms with E-state index in [1.807, 2.05) is 0 Å². The third kappa shape index (κ3) is 2.45. The van der Waals surface area contributed by atoms with Crippen molar-refractivity contribution in [2.24, 2.45) is 11.7 Å². The lowest BCUT2D eigenvalue weighted by Gasteiger charge is -2.42. The molecule has 2 aliphatic carbocycles. The summed E-state index contributed by atoms with van der Waals surface area (Å²) in [6.45, 7) is 0. The Bertz CT molecular complexity index is 385. The van der Waals surface area contributed by atoms with Crippen LogP contribution >= 0.6 is 0 Å². The molecule has 3 rings (SSSR count). The lowest BCUT2D eigenvalue weighted by atomic mass is 9.66. The summed E-state index contributed by atoms with van der Waals surface area (Å²) in [4.78, 5) is 0. The molecule has 2 aliphatic rings. The fraction of sp³-hybridized carbons (Fsp3) is 0.667. The minimum absolute atomic E-state index is 0.281. The number of hydrogen-bond donors (Lipinski definition) is 1. The highest BCUT2D eigenvalue weighted by Crippen LogP contribution is 2.47. The first kappa shape index (κ1) is 13.2. The van der Waals surface area contributed by atoms with E-state index >= 15 is 0 Å². The van der Waals surface area contributed by atoms with Gasteiger partial charge in [0.1, 0.15) is 0 Å². The molecular weight excluding hydrogens is 230 g/mol. The third-order valence-corrected chi connectivity index (χ3v) is 5.64. The van der Waals surface area contributed by atoms with E-state index in [2.05, 4.69) is 30.3 Å². The first-order valence-electron chi connectivity index (χ1n) is 8.14. The van der Waals surface area contributed by atoms with Gasteiger partial charge in [-0.15, -0.1) is 0 Å². The summed E-state index contributed by atoms with van der Waals surface area (Å²) >= 11 is 0. The Morgan fingerprint density at radius 3 is 2.16 bits per heavy atom. The van der Waals surface area contributed by atoms with E-state index < -0.39 is 0 Å². The van der Waals surface area contributed by atoms with Crippen LogP contribution in [0.4, 0.5) is 0 Å². The quantitative estimate of drug-likeness (QED) is 0.853. The number of rotatable bonds is 3. The largest absolute Gasteiger partial charge is 0.327 e. The highest BCUT2D eigenvalue weighted by molar-refractivity contribution is 5.29. The van der Waals surface area contributed by atoms with Gasteiger partial charge in [0.15, 0.2) is 0 Å². The number of benzene rings is 1. The molecule has 0 spiro atoms. The number of hydrogen-bond acceptors (Lipinski definition) is 1. The maximum Gasteiger partial charge on any atom is 0.0165 e. The van der Waals surface area contributed by atoms with Crippen LogP contribution in [0.15, 0.2) is 30.3 Å². The maximum atomic E-state index is 6.82.